The van der Waals surface area contributed by atoms with Crippen LogP contribution in [-0.2, 0) is 19.0 Å². The fourth-order valence-corrected chi connectivity index (χ4v) is 3.62. The predicted molar refractivity (Wildman–Crippen MR) is 71.6 cm³/mol. The van der Waals surface area contributed by atoms with Gasteiger partial charge in [0.15, 0.2) is 0 Å². The van der Waals surface area contributed by atoms with E-state index in [1.165, 1.54) is 12.7 Å². The summed E-state index contributed by atoms with van der Waals surface area (Å²) in [7, 11) is 3.10. The number of carbonyl (C=O) groups excluding carboxylic acids is 1. The van der Waals surface area contributed by atoms with Gasteiger partial charge in [-0.05, 0) is 38.5 Å². The molecule has 0 aromatic heterocycles. The fourth-order valence-electron chi connectivity index (χ4n) is 3.62. The largest absolute Gasteiger partial charge is 0.466 e. The molecule has 0 N–H and O–H groups in total. The zero-order valence-electron chi connectivity index (χ0n) is 12.2. The maximum atomic E-state index is 11.9. The monoisotopic (exact) mass is 268 g/mol. The maximum Gasteiger partial charge on any atom is 0.333 e. The molecule has 0 bridgehead atoms. The zero-order chi connectivity index (χ0) is 13.9. The van der Waals surface area contributed by atoms with Crippen LogP contribution in [0, 0.1) is 5.41 Å². The van der Waals surface area contributed by atoms with Crippen LogP contribution < -0.4 is 0 Å². The van der Waals surface area contributed by atoms with Crippen molar-refractivity contribution < 1.29 is 19.0 Å². The molecule has 2 atom stereocenters. The Bertz CT molecular complexity index is 374. The van der Waals surface area contributed by atoms with Crippen LogP contribution in [0.25, 0.3) is 0 Å². The molecule has 19 heavy (non-hydrogen) atoms. The number of ether oxygens (including phenoxy) is 3. The van der Waals surface area contributed by atoms with Crippen LogP contribution in [-0.4, -0.2) is 33.1 Å². The average molecular weight is 268 g/mol. The Balaban J connectivity index is 2.29. The van der Waals surface area contributed by atoms with E-state index in [9.17, 15) is 4.79 Å². The van der Waals surface area contributed by atoms with Crippen LogP contribution in [0.2, 0.25) is 0 Å². The molecule has 1 fully saturated rings. The lowest BCUT2D eigenvalue weighted by atomic mass is 9.62. The molecular formula is C15H24O4. The molecule has 0 aliphatic heterocycles. The van der Waals surface area contributed by atoms with Crippen molar-refractivity contribution in [2.75, 3.05) is 21.0 Å². The minimum Gasteiger partial charge on any atom is -0.466 e. The number of hydrogen-bond donors (Lipinski definition) is 0. The van der Waals surface area contributed by atoms with Crippen LogP contribution in [0.4, 0.5) is 0 Å². The van der Waals surface area contributed by atoms with Crippen molar-refractivity contribution in [2.24, 2.45) is 5.41 Å². The van der Waals surface area contributed by atoms with Gasteiger partial charge < -0.3 is 14.2 Å². The molecule has 4 heteroatoms. The molecule has 0 amide bonds. The second-order valence-corrected chi connectivity index (χ2v) is 5.67. The number of carbonyl (C=O) groups is 1. The maximum absolute atomic E-state index is 11.9. The lowest BCUT2D eigenvalue weighted by molar-refractivity contribution is -0.137. The van der Waals surface area contributed by atoms with Gasteiger partial charge in [0, 0.05) is 18.1 Å². The molecule has 2 aliphatic carbocycles. The molecule has 0 radical (unpaired) electrons. The van der Waals surface area contributed by atoms with Gasteiger partial charge in [-0.1, -0.05) is 12.5 Å². The Hall–Kier alpha value is -0.870. The highest BCUT2D eigenvalue weighted by molar-refractivity contribution is 5.89. The van der Waals surface area contributed by atoms with Crippen LogP contribution in [0.15, 0.2) is 11.1 Å². The van der Waals surface area contributed by atoms with E-state index in [-0.39, 0.29) is 17.5 Å². The van der Waals surface area contributed by atoms with E-state index in [4.69, 9.17) is 14.2 Å². The summed E-state index contributed by atoms with van der Waals surface area (Å²) < 4.78 is 15.8. The molecule has 0 unspecified atom stereocenters. The molecule has 1 saturated carbocycles. The third-order valence-corrected chi connectivity index (χ3v) is 4.60. The Morgan fingerprint density at radius 1 is 1.32 bits per heavy atom. The smallest absolute Gasteiger partial charge is 0.333 e. The Labute approximate surface area is 115 Å². The topological polar surface area (TPSA) is 44.8 Å². The molecule has 2 aliphatic rings. The molecule has 108 valence electrons. The molecular weight excluding hydrogens is 244 g/mol. The van der Waals surface area contributed by atoms with Crippen LogP contribution in [0.5, 0.6) is 0 Å². The van der Waals surface area contributed by atoms with E-state index < -0.39 is 0 Å². The summed E-state index contributed by atoms with van der Waals surface area (Å²) in [5, 5.41) is 0. The van der Waals surface area contributed by atoms with Crippen molar-refractivity contribution in [1.29, 1.82) is 0 Å². The van der Waals surface area contributed by atoms with Gasteiger partial charge in [-0.15, -0.1) is 0 Å². The molecule has 4 nitrogen and oxygen atoms in total. The first-order valence-electron chi connectivity index (χ1n) is 7.05. The van der Waals surface area contributed by atoms with Crippen LogP contribution in [0.3, 0.4) is 0 Å². The van der Waals surface area contributed by atoms with Crippen molar-refractivity contribution in [3.63, 3.8) is 0 Å². The summed E-state index contributed by atoms with van der Waals surface area (Å²) in [5.41, 5.74) is 2.12. The van der Waals surface area contributed by atoms with E-state index in [0.29, 0.717) is 6.79 Å². The summed E-state index contributed by atoms with van der Waals surface area (Å²) >= 11 is 0. The molecule has 2 rings (SSSR count). The highest BCUT2D eigenvalue weighted by atomic mass is 16.7. The number of methoxy groups -OCH3 is 2. The first-order valence-corrected chi connectivity index (χ1v) is 7.05. The second-order valence-electron chi connectivity index (χ2n) is 5.67. The van der Waals surface area contributed by atoms with Gasteiger partial charge >= 0.3 is 5.97 Å². The quantitative estimate of drug-likeness (QED) is 0.581. The van der Waals surface area contributed by atoms with Gasteiger partial charge in [0.1, 0.15) is 6.79 Å². The van der Waals surface area contributed by atoms with Crippen molar-refractivity contribution in [3.05, 3.63) is 11.1 Å². The van der Waals surface area contributed by atoms with E-state index in [1.54, 1.807) is 7.11 Å². The Morgan fingerprint density at radius 3 is 2.79 bits per heavy atom. The van der Waals surface area contributed by atoms with Crippen molar-refractivity contribution in [2.45, 2.75) is 51.6 Å². The van der Waals surface area contributed by atoms with E-state index in [0.717, 1.165) is 44.1 Å². The minimum atomic E-state index is -0.159. The number of fused-ring (bicyclic) bond motifs is 1. The zero-order valence-corrected chi connectivity index (χ0v) is 12.2. The molecule has 0 saturated heterocycles. The fraction of sp³-hybridized carbons (Fsp3) is 0.800. The molecule has 0 aromatic carbocycles. The van der Waals surface area contributed by atoms with Crippen molar-refractivity contribution >= 4 is 5.97 Å². The first-order chi connectivity index (χ1) is 9.13. The molecule has 0 aromatic rings. The average Bonchev–Trinajstić information content (AvgIpc) is 2.43. The number of esters is 1. The van der Waals surface area contributed by atoms with Gasteiger partial charge in [-0.25, -0.2) is 4.79 Å². The van der Waals surface area contributed by atoms with Gasteiger partial charge in [-0.2, -0.15) is 0 Å². The lowest BCUT2D eigenvalue weighted by Gasteiger charge is -2.46. The van der Waals surface area contributed by atoms with Gasteiger partial charge in [0.05, 0.1) is 13.2 Å². The molecule has 0 spiro atoms. The lowest BCUT2D eigenvalue weighted by Crippen LogP contribution is -2.42. The highest BCUT2D eigenvalue weighted by Crippen LogP contribution is 2.50. The van der Waals surface area contributed by atoms with Gasteiger partial charge in [0.25, 0.3) is 0 Å². The number of rotatable bonds is 4. The third-order valence-electron chi connectivity index (χ3n) is 4.60. The highest BCUT2D eigenvalue weighted by Gasteiger charge is 2.45. The Morgan fingerprint density at radius 2 is 2.11 bits per heavy atom. The van der Waals surface area contributed by atoms with E-state index in [1.807, 2.05) is 0 Å². The van der Waals surface area contributed by atoms with E-state index in [2.05, 4.69) is 6.92 Å². The van der Waals surface area contributed by atoms with Gasteiger partial charge in [0.2, 0.25) is 0 Å². The normalized spacial score (nSPS) is 31.0. The summed E-state index contributed by atoms with van der Waals surface area (Å²) in [6.45, 7) is 2.55. The summed E-state index contributed by atoms with van der Waals surface area (Å²) in [4.78, 5) is 11.9. The standard InChI is InChI=1S/C15H24O4/c1-15-9-5-6-11(14(16)18-3)12(15)7-4-8-13(15)19-10-17-2/h13H,4-10H2,1-3H3/t13-,15-/m0/s1. The first kappa shape index (κ1) is 14.5. The summed E-state index contributed by atoms with van der Waals surface area (Å²) in [5.74, 6) is -0.159. The summed E-state index contributed by atoms with van der Waals surface area (Å²) in [6, 6.07) is 0. The van der Waals surface area contributed by atoms with E-state index >= 15 is 0 Å². The Kier molecular flexibility index (Phi) is 4.63. The van der Waals surface area contributed by atoms with Crippen LogP contribution in [0.1, 0.15) is 45.4 Å². The second kappa shape index (κ2) is 6.06. The van der Waals surface area contributed by atoms with Crippen LogP contribution >= 0.6 is 0 Å². The predicted octanol–water partition coefficient (Wildman–Crippen LogP) is 2.82. The third kappa shape index (κ3) is 2.70. The molecule has 0 heterocycles. The van der Waals surface area contributed by atoms with Crippen molar-refractivity contribution in [1.82, 2.24) is 0 Å². The SMILES string of the molecule is COCO[C@H]1CCCC2=C(C(=O)OC)CCC[C@@]21C. The summed E-state index contributed by atoms with van der Waals surface area (Å²) in [6.07, 6.45) is 6.20. The number of hydrogen-bond acceptors (Lipinski definition) is 4. The minimum absolute atomic E-state index is 0.0292. The van der Waals surface area contributed by atoms with Crippen molar-refractivity contribution in [3.8, 4) is 0 Å². The van der Waals surface area contributed by atoms with Gasteiger partial charge in [-0.3, -0.25) is 0 Å².